The summed E-state index contributed by atoms with van der Waals surface area (Å²) in [6.07, 6.45) is 1.09. The first kappa shape index (κ1) is 22.2. The van der Waals surface area contributed by atoms with Crippen molar-refractivity contribution >= 4 is 39.9 Å². The molecule has 1 N–H and O–H groups in total. The van der Waals surface area contributed by atoms with Crippen LogP contribution in [0.15, 0.2) is 47.8 Å². The minimum Gasteiger partial charge on any atom is -0.496 e. The van der Waals surface area contributed by atoms with E-state index in [0.717, 1.165) is 0 Å². The number of nitrogens with one attached hydrogen (secondary N) is 1. The number of carbonyl (C=O) groups excluding carboxylic acids is 2. The van der Waals surface area contributed by atoms with Crippen molar-refractivity contribution < 1.29 is 18.7 Å². The molecule has 0 radical (unpaired) electrons. The van der Waals surface area contributed by atoms with E-state index >= 15 is 0 Å². The monoisotopic (exact) mass is 473 g/mol. The highest BCUT2D eigenvalue weighted by molar-refractivity contribution is 7.14. The molecule has 6 nitrogen and oxygen atoms in total. The lowest BCUT2D eigenvalue weighted by atomic mass is 9.95. The molecule has 0 spiro atoms. The third-order valence-electron chi connectivity index (χ3n) is 5.40. The van der Waals surface area contributed by atoms with Crippen LogP contribution in [0.3, 0.4) is 0 Å². The molecule has 1 aliphatic heterocycles. The van der Waals surface area contributed by atoms with Crippen LogP contribution in [-0.2, 0) is 4.79 Å². The van der Waals surface area contributed by atoms with Gasteiger partial charge in [-0.2, -0.15) is 0 Å². The van der Waals surface area contributed by atoms with Crippen LogP contribution in [-0.4, -0.2) is 41.9 Å². The number of rotatable bonds is 5. The Labute approximate surface area is 194 Å². The summed E-state index contributed by atoms with van der Waals surface area (Å²) < 4.78 is 18.7. The molecule has 2 amide bonds. The minimum absolute atomic E-state index is 0.127. The smallest absolute Gasteiger partial charge is 0.257 e. The molecule has 9 heteroatoms. The van der Waals surface area contributed by atoms with Gasteiger partial charge in [0.25, 0.3) is 5.91 Å². The molecule has 1 aliphatic rings. The molecular formula is C23H21ClFN3O3S. The van der Waals surface area contributed by atoms with Crippen LogP contribution in [0.4, 0.5) is 9.52 Å². The molecule has 0 atom stereocenters. The van der Waals surface area contributed by atoms with Gasteiger partial charge in [-0.1, -0.05) is 23.7 Å². The predicted molar refractivity (Wildman–Crippen MR) is 123 cm³/mol. The summed E-state index contributed by atoms with van der Waals surface area (Å²) in [4.78, 5) is 31.7. The van der Waals surface area contributed by atoms with E-state index in [1.807, 2.05) is 0 Å². The Morgan fingerprint density at radius 3 is 2.72 bits per heavy atom. The zero-order valence-corrected chi connectivity index (χ0v) is 18.9. The maximum Gasteiger partial charge on any atom is 0.257 e. The second-order valence-corrected chi connectivity index (χ2v) is 8.74. The Kier molecular flexibility index (Phi) is 6.72. The fourth-order valence-corrected chi connectivity index (χ4v) is 4.58. The van der Waals surface area contributed by atoms with Crippen molar-refractivity contribution in [2.75, 3.05) is 25.5 Å². The van der Waals surface area contributed by atoms with Crippen molar-refractivity contribution in [3.05, 3.63) is 64.2 Å². The molecule has 3 aromatic rings. The number of amides is 2. The summed E-state index contributed by atoms with van der Waals surface area (Å²) in [5, 5.41) is 5.56. The number of anilines is 1. The summed E-state index contributed by atoms with van der Waals surface area (Å²) in [6.45, 7) is 0.915. The number of ether oxygens (including phenoxy) is 1. The van der Waals surface area contributed by atoms with Crippen molar-refractivity contribution in [3.8, 4) is 17.0 Å². The van der Waals surface area contributed by atoms with E-state index in [1.165, 1.54) is 30.6 Å². The fraction of sp³-hybridized carbons (Fsp3) is 0.261. The van der Waals surface area contributed by atoms with Gasteiger partial charge in [-0.3, -0.25) is 9.59 Å². The SMILES string of the molecule is COc1ccc(Cl)cc1C(=O)N1CCC(C(=O)Nc2nc(-c3cccc(F)c3)cs2)CC1. The maximum atomic E-state index is 13.4. The number of hydrogen-bond acceptors (Lipinski definition) is 5. The van der Waals surface area contributed by atoms with E-state index in [2.05, 4.69) is 10.3 Å². The van der Waals surface area contributed by atoms with Gasteiger partial charge in [-0.15, -0.1) is 11.3 Å². The number of methoxy groups -OCH3 is 1. The summed E-state index contributed by atoms with van der Waals surface area (Å²) in [7, 11) is 1.51. The number of likely N-dealkylation sites (tertiary alicyclic amines) is 1. The molecule has 0 saturated carbocycles. The summed E-state index contributed by atoms with van der Waals surface area (Å²) in [5.41, 5.74) is 1.68. The number of carbonyl (C=O) groups is 2. The van der Waals surface area contributed by atoms with Crippen LogP contribution in [0.1, 0.15) is 23.2 Å². The molecule has 166 valence electrons. The lowest BCUT2D eigenvalue weighted by Gasteiger charge is -2.31. The second kappa shape index (κ2) is 9.67. The van der Waals surface area contributed by atoms with Gasteiger partial charge >= 0.3 is 0 Å². The van der Waals surface area contributed by atoms with Crippen LogP contribution >= 0.6 is 22.9 Å². The number of piperidine rings is 1. The molecule has 0 aliphatic carbocycles. The Hall–Kier alpha value is -2.97. The van der Waals surface area contributed by atoms with Gasteiger partial charge in [0, 0.05) is 35.0 Å². The van der Waals surface area contributed by atoms with Crippen LogP contribution in [0.25, 0.3) is 11.3 Å². The molecule has 2 aromatic carbocycles. The van der Waals surface area contributed by atoms with Crippen molar-refractivity contribution in [1.82, 2.24) is 9.88 Å². The van der Waals surface area contributed by atoms with Gasteiger partial charge in [0.2, 0.25) is 5.91 Å². The maximum absolute atomic E-state index is 13.4. The molecule has 0 unspecified atom stereocenters. The fourth-order valence-electron chi connectivity index (χ4n) is 3.68. The molecule has 1 aromatic heterocycles. The Bertz CT molecular complexity index is 1150. The van der Waals surface area contributed by atoms with Crippen LogP contribution in [0, 0.1) is 11.7 Å². The number of aromatic nitrogens is 1. The van der Waals surface area contributed by atoms with E-state index in [9.17, 15) is 14.0 Å². The lowest BCUT2D eigenvalue weighted by Crippen LogP contribution is -2.41. The molecule has 32 heavy (non-hydrogen) atoms. The standard InChI is InChI=1S/C23H21ClFN3O3S/c1-31-20-6-5-16(24)12-18(20)22(30)28-9-7-14(8-10-28)21(29)27-23-26-19(13-32-23)15-3-2-4-17(25)11-15/h2-6,11-14H,7-10H2,1H3,(H,26,27,29). The van der Waals surface area contributed by atoms with Crippen molar-refractivity contribution in [3.63, 3.8) is 0 Å². The van der Waals surface area contributed by atoms with Crippen LogP contribution in [0.5, 0.6) is 5.75 Å². The van der Waals surface area contributed by atoms with Gasteiger partial charge < -0.3 is 15.0 Å². The summed E-state index contributed by atoms with van der Waals surface area (Å²) >= 11 is 7.34. The predicted octanol–water partition coefficient (Wildman–Crippen LogP) is 5.10. The minimum atomic E-state index is -0.335. The highest BCUT2D eigenvalue weighted by Gasteiger charge is 2.29. The molecule has 4 rings (SSSR count). The third-order valence-corrected chi connectivity index (χ3v) is 6.39. The van der Waals surface area contributed by atoms with Crippen LogP contribution < -0.4 is 10.1 Å². The molecule has 1 fully saturated rings. The highest BCUT2D eigenvalue weighted by Crippen LogP contribution is 2.29. The second-order valence-electron chi connectivity index (χ2n) is 7.45. The Morgan fingerprint density at radius 1 is 1.22 bits per heavy atom. The van der Waals surface area contributed by atoms with E-state index in [-0.39, 0.29) is 23.5 Å². The number of thiazole rings is 1. The number of benzene rings is 2. The molecule has 2 heterocycles. The van der Waals surface area contributed by atoms with Crippen LogP contribution in [0.2, 0.25) is 5.02 Å². The van der Waals surface area contributed by atoms with E-state index < -0.39 is 0 Å². The summed E-state index contributed by atoms with van der Waals surface area (Å²) in [5.74, 6) is -0.378. The van der Waals surface area contributed by atoms with Crippen molar-refractivity contribution in [2.24, 2.45) is 5.92 Å². The third kappa shape index (κ3) is 4.92. The average Bonchev–Trinajstić information content (AvgIpc) is 3.27. The lowest BCUT2D eigenvalue weighted by molar-refractivity contribution is -0.121. The van der Waals surface area contributed by atoms with Gasteiger partial charge in [0.15, 0.2) is 5.13 Å². The number of hydrogen-bond donors (Lipinski definition) is 1. The van der Waals surface area contributed by atoms with Gasteiger partial charge in [-0.05, 0) is 43.2 Å². The Morgan fingerprint density at radius 2 is 2.00 bits per heavy atom. The molecular weight excluding hydrogens is 453 g/mol. The number of nitrogens with zero attached hydrogens (tertiary/aromatic N) is 2. The largest absolute Gasteiger partial charge is 0.496 e. The first-order chi connectivity index (χ1) is 15.4. The van der Waals surface area contributed by atoms with E-state index in [0.29, 0.717) is 58.7 Å². The van der Waals surface area contributed by atoms with Gasteiger partial charge in [0.05, 0.1) is 18.4 Å². The van der Waals surface area contributed by atoms with E-state index in [1.54, 1.807) is 40.6 Å². The average molecular weight is 474 g/mol. The number of halogens is 2. The highest BCUT2D eigenvalue weighted by atomic mass is 35.5. The van der Waals surface area contributed by atoms with Gasteiger partial charge in [-0.25, -0.2) is 9.37 Å². The Balaban J connectivity index is 1.35. The van der Waals surface area contributed by atoms with E-state index in [4.69, 9.17) is 16.3 Å². The van der Waals surface area contributed by atoms with Crippen molar-refractivity contribution in [1.29, 1.82) is 0 Å². The molecule has 0 bridgehead atoms. The summed E-state index contributed by atoms with van der Waals surface area (Å²) in [6, 6.07) is 11.1. The first-order valence-corrected chi connectivity index (χ1v) is 11.4. The zero-order valence-electron chi connectivity index (χ0n) is 17.3. The topological polar surface area (TPSA) is 71.5 Å². The van der Waals surface area contributed by atoms with Gasteiger partial charge in [0.1, 0.15) is 11.6 Å². The first-order valence-electron chi connectivity index (χ1n) is 10.1. The molecule has 1 saturated heterocycles. The van der Waals surface area contributed by atoms with Crippen molar-refractivity contribution in [2.45, 2.75) is 12.8 Å². The quantitative estimate of drug-likeness (QED) is 0.559. The normalized spacial score (nSPS) is 14.3. The zero-order chi connectivity index (χ0) is 22.7.